The van der Waals surface area contributed by atoms with Crippen molar-refractivity contribution in [1.82, 2.24) is 25.1 Å². The molecule has 2 N–H and O–H groups in total. The number of nitrogens with one attached hydrogen (secondary N) is 2. The fourth-order valence-corrected chi connectivity index (χ4v) is 3.09. The van der Waals surface area contributed by atoms with Gasteiger partial charge in [0.05, 0.1) is 11.9 Å². The van der Waals surface area contributed by atoms with Crippen molar-refractivity contribution in [2.75, 3.05) is 0 Å². The van der Waals surface area contributed by atoms with Gasteiger partial charge in [0, 0.05) is 30.7 Å². The van der Waals surface area contributed by atoms with Gasteiger partial charge in [-0.25, -0.2) is 9.37 Å². The van der Waals surface area contributed by atoms with Gasteiger partial charge in [-0.05, 0) is 29.3 Å². The number of halogens is 1. The number of carbonyl (C=O) groups excluding carboxylic acids is 1. The Kier molecular flexibility index (Phi) is 4.42. The third-order valence-corrected chi connectivity index (χ3v) is 4.60. The highest BCUT2D eigenvalue weighted by Crippen LogP contribution is 2.22. The van der Waals surface area contributed by atoms with E-state index in [1.807, 2.05) is 24.3 Å². The minimum atomic E-state index is -0.555. The van der Waals surface area contributed by atoms with E-state index in [9.17, 15) is 9.18 Å². The third-order valence-electron chi connectivity index (χ3n) is 4.60. The lowest BCUT2D eigenvalue weighted by Gasteiger charge is -2.09. The Balaban J connectivity index is 1.59. The number of hydrogen-bond acceptors (Lipinski definition) is 3. The lowest BCUT2D eigenvalue weighted by atomic mass is 10.1. The minimum Gasteiger partial charge on any atom is -0.347 e. The smallest absolute Gasteiger partial charge is 0.268 e. The first kappa shape index (κ1) is 17.0. The number of pyridine rings is 1. The van der Waals surface area contributed by atoms with E-state index in [2.05, 4.69) is 20.5 Å². The Bertz CT molecular complexity index is 1100. The minimum absolute atomic E-state index is 0.228. The van der Waals surface area contributed by atoms with Gasteiger partial charge >= 0.3 is 0 Å². The average Bonchev–Trinajstić information content (AvgIpc) is 3.35. The van der Waals surface area contributed by atoms with Crippen molar-refractivity contribution < 1.29 is 9.18 Å². The summed E-state index contributed by atoms with van der Waals surface area (Å²) in [4.78, 5) is 17.3. The third kappa shape index (κ3) is 3.19. The molecule has 0 unspecified atom stereocenters. The van der Waals surface area contributed by atoms with Crippen LogP contribution < -0.4 is 5.32 Å². The number of alkyl halides is 1. The maximum absolute atomic E-state index is 13.1. The summed E-state index contributed by atoms with van der Waals surface area (Å²) in [6.45, 7) is -0.283. The number of aromatic amines is 1. The van der Waals surface area contributed by atoms with Crippen molar-refractivity contribution in [3.63, 3.8) is 0 Å². The lowest BCUT2D eigenvalue weighted by Crippen LogP contribution is -2.25. The van der Waals surface area contributed by atoms with Gasteiger partial charge in [-0.2, -0.15) is 5.10 Å². The molecule has 7 heteroatoms. The second-order valence-corrected chi connectivity index (χ2v) is 6.27. The van der Waals surface area contributed by atoms with E-state index < -0.39 is 6.67 Å². The summed E-state index contributed by atoms with van der Waals surface area (Å²) in [7, 11) is 1.80. The maximum Gasteiger partial charge on any atom is 0.268 e. The molecule has 0 aliphatic heterocycles. The number of aryl methyl sites for hydroxylation is 1. The molecule has 136 valence electrons. The first-order chi connectivity index (χ1) is 13.2. The molecule has 0 radical (unpaired) electrons. The quantitative estimate of drug-likeness (QED) is 0.571. The van der Waals surface area contributed by atoms with Crippen LogP contribution in [0, 0.1) is 0 Å². The van der Waals surface area contributed by atoms with Crippen molar-refractivity contribution in [3.8, 4) is 11.3 Å². The molecular weight excluding hydrogens is 345 g/mol. The molecule has 4 aromatic rings. The summed E-state index contributed by atoms with van der Waals surface area (Å²) in [5.41, 5.74) is 4.23. The zero-order valence-electron chi connectivity index (χ0n) is 14.7. The van der Waals surface area contributed by atoms with Gasteiger partial charge in [0.1, 0.15) is 18.0 Å². The van der Waals surface area contributed by atoms with Crippen LogP contribution in [-0.2, 0) is 20.3 Å². The first-order valence-electron chi connectivity index (χ1n) is 8.54. The summed E-state index contributed by atoms with van der Waals surface area (Å²) in [6, 6.07) is 12.8. The van der Waals surface area contributed by atoms with E-state index in [0.29, 0.717) is 16.9 Å². The fraction of sp³-hybridized carbons (Fsp3) is 0.150. The van der Waals surface area contributed by atoms with E-state index in [1.54, 1.807) is 42.2 Å². The monoisotopic (exact) mass is 363 g/mol. The molecule has 0 atom stereocenters. The van der Waals surface area contributed by atoms with Crippen molar-refractivity contribution in [1.29, 1.82) is 0 Å². The van der Waals surface area contributed by atoms with E-state index >= 15 is 0 Å². The van der Waals surface area contributed by atoms with Gasteiger partial charge in [-0.15, -0.1) is 0 Å². The largest absolute Gasteiger partial charge is 0.347 e. The molecule has 6 nitrogen and oxygen atoms in total. The number of aromatic nitrogens is 4. The zero-order chi connectivity index (χ0) is 18.8. The molecule has 1 aromatic carbocycles. The van der Waals surface area contributed by atoms with E-state index in [0.717, 1.165) is 22.2 Å². The zero-order valence-corrected chi connectivity index (χ0v) is 14.7. The summed E-state index contributed by atoms with van der Waals surface area (Å²) in [5, 5.41) is 10.4. The number of benzene rings is 1. The number of carbonyl (C=O) groups is 1. The Labute approximate surface area is 155 Å². The Morgan fingerprint density at radius 1 is 1.22 bits per heavy atom. The number of nitrogens with zero attached hydrogens (tertiary/aromatic N) is 3. The molecule has 0 aliphatic carbocycles. The first-order valence-corrected chi connectivity index (χ1v) is 8.54. The Morgan fingerprint density at radius 2 is 2.04 bits per heavy atom. The van der Waals surface area contributed by atoms with Crippen molar-refractivity contribution in [2.45, 2.75) is 13.2 Å². The van der Waals surface area contributed by atoms with Crippen molar-refractivity contribution in [3.05, 3.63) is 71.7 Å². The number of rotatable bonds is 5. The second kappa shape index (κ2) is 7.03. The molecule has 27 heavy (non-hydrogen) atoms. The van der Waals surface area contributed by atoms with Crippen LogP contribution >= 0.6 is 0 Å². The van der Waals surface area contributed by atoms with E-state index in [4.69, 9.17) is 0 Å². The molecule has 1 amide bonds. The highest BCUT2D eigenvalue weighted by molar-refractivity contribution is 5.98. The molecule has 4 rings (SSSR count). The molecule has 0 aliphatic rings. The highest BCUT2D eigenvalue weighted by atomic mass is 19.1. The van der Waals surface area contributed by atoms with Gasteiger partial charge in [0.25, 0.3) is 5.91 Å². The lowest BCUT2D eigenvalue weighted by molar-refractivity contribution is 0.0943. The number of fused-ring (bicyclic) bond motifs is 1. The maximum atomic E-state index is 13.1. The molecule has 0 fully saturated rings. The van der Waals surface area contributed by atoms with Crippen LogP contribution in [0.25, 0.3) is 22.3 Å². The standard InChI is InChI=1S/C20H18FN5O/c1-26-18(20(27)22-10-15-5-3-2-4-14(15)9-21)8-13-6-7-17(25-19(13)26)16-11-23-24-12-16/h2-8,11-12H,9-10H2,1H3,(H,22,27)(H,23,24). The van der Waals surface area contributed by atoms with Crippen LogP contribution in [0.5, 0.6) is 0 Å². The second-order valence-electron chi connectivity index (χ2n) is 6.27. The number of hydrogen-bond donors (Lipinski definition) is 2. The van der Waals surface area contributed by atoms with Gasteiger partial charge in [0.15, 0.2) is 0 Å². The van der Waals surface area contributed by atoms with E-state index in [-0.39, 0.29) is 12.5 Å². The van der Waals surface area contributed by atoms with Gasteiger partial charge in [0.2, 0.25) is 0 Å². The molecule has 0 spiro atoms. The summed E-state index contributed by atoms with van der Waals surface area (Å²) in [6.07, 6.45) is 3.47. The van der Waals surface area contributed by atoms with Crippen LogP contribution in [0.2, 0.25) is 0 Å². The average molecular weight is 363 g/mol. The number of H-pyrrole nitrogens is 1. The molecule has 3 heterocycles. The van der Waals surface area contributed by atoms with Crippen LogP contribution in [0.3, 0.4) is 0 Å². The molecule has 3 aromatic heterocycles. The Hall–Kier alpha value is -3.48. The van der Waals surface area contributed by atoms with Crippen LogP contribution in [0.4, 0.5) is 4.39 Å². The van der Waals surface area contributed by atoms with Crippen LogP contribution in [0.15, 0.2) is 54.9 Å². The van der Waals surface area contributed by atoms with E-state index in [1.165, 1.54) is 0 Å². The fourth-order valence-electron chi connectivity index (χ4n) is 3.09. The van der Waals surface area contributed by atoms with Crippen molar-refractivity contribution in [2.24, 2.45) is 7.05 Å². The molecule has 0 bridgehead atoms. The summed E-state index contributed by atoms with van der Waals surface area (Å²) in [5.74, 6) is -0.228. The SMILES string of the molecule is Cn1c(C(=O)NCc2ccccc2CF)cc2ccc(-c3cn[nH]c3)nc21. The summed E-state index contributed by atoms with van der Waals surface area (Å²) >= 11 is 0. The molecule has 0 saturated heterocycles. The predicted molar refractivity (Wildman–Crippen MR) is 101 cm³/mol. The Morgan fingerprint density at radius 3 is 2.78 bits per heavy atom. The molecular formula is C20H18FN5O. The predicted octanol–water partition coefficient (Wildman–Crippen LogP) is 3.36. The van der Waals surface area contributed by atoms with Crippen molar-refractivity contribution >= 4 is 16.9 Å². The van der Waals surface area contributed by atoms with Crippen LogP contribution in [0.1, 0.15) is 21.6 Å². The summed E-state index contributed by atoms with van der Waals surface area (Å²) < 4.78 is 14.8. The number of amides is 1. The topological polar surface area (TPSA) is 75.6 Å². The van der Waals surface area contributed by atoms with Gasteiger partial charge in [-0.3, -0.25) is 9.89 Å². The van der Waals surface area contributed by atoms with Gasteiger partial charge in [-0.1, -0.05) is 24.3 Å². The molecule has 0 saturated carbocycles. The van der Waals surface area contributed by atoms with Gasteiger partial charge < -0.3 is 9.88 Å². The van der Waals surface area contributed by atoms with Crippen LogP contribution in [-0.4, -0.2) is 25.7 Å². The normalized spacial score (nSPS) is 11.0. The highest BCUT2D eigenvalue weighted by Gasteiger charge is 2.15.